The van der Waals surface area contributed by atoms with Crippen molar-refractivity contribution in [1.29, 1.82) is 0 Å². The van der Waals surface area contributed by atoms with Gasteiger partial charge in [0.2, 0.25) is 0 Å². The summed E-state index contributed by atoms with van der Waals surface area (Å²) in [4.78, 5) is 0. The third kappa shape index (κ3) is 3.06. The SMILES string of the molecule is CC1=Cc2c(C)ccc(C)c2C1C[SiH2]CC1C(C)=Cc2c(C)ccc(C)c21. The monoisotopic (exact) mass is 372 g/mol. The number of allylic oxidation sites excluding steroid dienone is 2. The molecule has 2 atom stereocenters. The maximum absolute atomic E-state index is 2.46. The van der Waals surface area contributed by atoms with Crippen LogP contribution in [0.4, 0.5) is 0 Å². The van der Waals surface area contributed by atoms with Gasteiger partial charge in [0.05, 0.1) is 0 Å². The van der Waals surface area contributed by atoms with Crippen LogP contribution in [0.15, 0.2) is 35.4 Å². The second kappa shape index (κ2) is 6.94. The number of hydrogen-bond acceptors (Lipinski definition) is 0. The normalized spacial score (nSPS) is 20.8. The van der Waals surface area contributed by atoms with Gasteiger partial charge in [0, 0.05) is 21.4 Å². The van der Waals surface area contributed by atoms with Crippen LogP contribution in [-0.4, -0.2) is 9.52 Å². The van der Waals surface area contributed by atoms with Crippen molar-refractivity contribution in [2.75, 3.05) is 0 Å². The van der Waals surface area contributed by atoms with E-state index in [9.17, 15) is 0 Å². The molecule has 140 valence electrons. The Morgan fingerprint density at radius 3 is 1.37 bits per heavy atom. The molecule has 0 aliphatic heterocycles. The summed E-state index contributed by atoms with van der Waals surface area (Å²) in [5.74, 6) is 1.35. The largest absolute Gasteiger partial charge is 0.0655 e. The first-order chi connectivity index (χ1) is 12.9. The van der Waals surface area contributed by atoms with Crippen LogP contribution in [0.1, 0.15) is 70.2 Å². The van der Waals surface area contributed by atoms with Crippen LogP contribution in [0, 0.1) is 27.7 Å². The molecule has 2 aromatic carbocycles. The first kappa shape index (κ1) is 18.5. The molecule has 0 nitrogen and oxygen atoms in total. The minimum absolute atomic E-state index is 0.128. The Hall–Kier alpha value is -1.86. The minimum atomic E-state index is -0.128. The molecule has 27 heavy (non-hydrogen) atoms. The first-order valence-corrected chi connectivity index (χ1v) is 12.4. The van der Waals surface area contributed by atoms with Gasteiger partial charge >= 0.3 is 0 Å². The van der Waals surface area contributed by atoms with Gasteiger partial charge in [0.25, 0.3) is 0 Å². The highest BCUT2D eigenvalue weighted by Crippen LogP contribution is 2.44. The zero-order valence-electron chi connectivity index (χ0n) is 17.7. The van der Waals surface area contributed by atoms with E-state index in [1.807, 2.05) is 0 Å². The minimum Gasteiger partial charge on any atom is -0.0655 e. The summed E-state index contributed by atoms with van der Waals surface area (Å²) in [6.07, 6.45) is 4.92. The van der Waals surface area contributed by atoms with E-state index in [4.69, 9.17) is 0 Å². The lowest BCUT2D eigenvalue weighted by Crippen LogP contribution is -2.08. The standard InChI is InChI=1S/C26H32Si/c1-15-7-9-17(3)25-21(15)11-19(5)23(25)13-27-14-24-20(6)12-22-16(2)8-10-18(4)26(22)24/h7-12,23-24H,13-14,27H2,1-6H3. The van der Waals surface area contributed by atoms with Gasteiger partial charge in [-0.1, -0.05) is 59.7 Å². The van der Waals surface area contributed by atoms with Crippen LogP contribution in [0.3, 0.4) is 0 Å². The van der Waals surface area contributed by atoms with Crippen molar-refractivity contribution in [3.05, 3.63) is 79.9 Å². The average molecular weight is 373 g/mol. The summed E-state index contributed by atoms with van der Waals surface area (Å²) in [6.45, 7) is 13.8. The van der Waals surface area contributed by atoms with Crippen LogP contribution >= 0.6 is 0 Å². The molecule has 0 heterocycles. The Kier molecular flexibility index (Phi) is 4.76. The topological polar surface area (TPSA) is 0 Å². The highest BCUT2D eigenvalue weighted by atomic mass is 28.2. The molecule has 0 N–H and O–H groups in total. The highest BCUT2D eigenvalue weighted by Gasteiger charge is 2.28. The highest BCUT2D eigenvalue weighted by molar-refractivity contribution is 6.36. The van der Waals surface area contributed by atoms with Gasteiger partial charge in [-0.05, 0) is 86.1 Å². The Morgan fingerprint density at radius 2 is 0.963 bits per heavy atom. The molecule has 0 saturated carbocycles. The number of rotatable bonds is 4. The van der Waals surface area contributed by atoms with Crippen molar-refractivity contribution in [3.63, 3.8) is 0 Å². The molecule has 0 saturated heterocycles. The molecular formula is C26H32Si. The lowest BCUT2D eigenvalue weighted by atomic mass is 9.92. The van der Waals surface area contributed by atoms with E-state index >= 15 is 0 Å². The quantitative estimate of drug-likeness (QED) is 0.529. The van der Waals surface area contributed by atoms with Gasteiger partial charge in [0.15, 0.2) is 0 Å². The van der Waals surface area contributed by atoms with Crippen molar-refractivity contribution < 1.29 is 0 Å². The fourth-order valence-electron chi connectivity index (χ4n) is 5.40. The molecule has 2 aliphatic carbocycles. The maximum atomic E-state index is 2.46. The smallest absolute Gasteiger partial charge is 0.0218 e. The van der Waals surface area contributed by atoms with Gasteiger partial charge in [-0.25, -0.2) is 0 Å². The third-order valence-electron chi connectivity index (χ3n) is 6.97. The number of hydrogen-bond donors (Lipinski definition) is 0. The summed E-state index contributed by atoms with van der Waals surface area (Å²) in [6, 6.07) is 12.0. The van der Waals surface area contributed by atoms with E-state index in [1.165, 1.54) is 45.5 Å². The summed E-state index contributed by atoms with van der Waals surface area (Å²) in [5, 5.41) is 0. The molecule has 2 aliphatic rings. The zero-order chi connectivity index (χ0) is 19.3. The maximum Gasteiger partial charge on any atom is 0.0218 e. The Morgan fingerprint density at radius 1 is 0.593 bits per heavy atom. The van der Waals surface area contributed by atoms with Crippen LogP contribution in [0.25, 0.3) is 12.2 Å². The lowest BCUT2D eigenvalue weighted by Gasteiger charge is -2.21. The molecule has 0 amide bonds. The average Bonchev–Trinajstić information content (AvgIpc) is 3.14. The third-order valence-corrected chi connectivity index (χ3v) is 8.94. The predicted octanol–water partition coefficient (Wildman–Crippen LogP) is 6.63. The van der Waals surface area contributed by atoms with Gasteiger partial charge in [-0.2, -0.15) is 0 Å². The molecule has 1 heteroatoms. The van der Waals surface area contributed by atoms with Crippen molar-refractivity contribution >= 4 is 21.7 Å². The Bertz CT molecular complexity index is 895. The summed E-state index contributed by atoms with van der Waals surface area (Å²) >= 11 is 0. The number of benzene rings is 2. The summed E-state index contributed by atoms with van der Waals surface area (Å²) < 4.78 is 0. The molecule has 0 aromatic heterocycles. The van der Waals surface area contributed by atoms with Crippen molar-refractivity contribution in [3.8, 4) is 0 Å². The van der Waals surface area contributed by atoms with Gasteiger partial charge in [-0.15, -0.1) is 0 Å². The zero-order valence-corrected chi connectivity index (χ0v) is 19.2. The molecule has 0 radical (unpaired) electrons. The second-order valence-electron chi connectivity index (χ2n) is 8.87. The second-order valence-corrected chi connectivity index (χ2v) is 10.7. The predicted molar refractivity (Wildman–Crippen MR) is 123 cm³/mol. The Balaban J connectivity index is 1.52. The van der Waals surface area contributed by atoms with E-state index in [2.05, 4.69) is 78.0 Å². The van der Waals surface area contributed by atoms with Crippen LogP contribution in [0.2, 0.25) is 12.1 Å². The molecule has 2 unspecified atom stereocenters. The van der Waals surface area contributed by atoms with Crippen LogP contribution in [-0.2, 0) is 0 Å². The molecule has 0 spiro atoms. The fraction of sp³-hybridized carbons (Fsp3) is 0.385. The fourth-order valence-corrected chi connectivity index (χ4v) is 7.94. The van der Waals surface area contributed by atoms with E-state index < -0.39 is 0 Å². The lowest BCUT2D eigenvalue weighted by molar-refractivity contribution is 0.865. The first-order valence-electron chi connectivity index (χ1n) is 10.4. The van der Waals surface area contributed by atoms with Crippen LogP contribution in [0.5, 0.6) is 0 Å². The number of aryl methyl sites for hydroxylation is 4. The van der Waals surface area contributed by atoms with Gasteiger partial charge in [0.1, 0.15) is 0 Å². The molecule has 0 fully saturated rings. The Labute approximate surface area is 167 Å². The number of fused-ring (bicyclic) bond motifs is 2. The molecule has 2 aromatic rings. The van der Waals surface area contributed by atoms with Gasteiger partial charge < -0.3 is 0 Å². The van der Waals surface area contributed by atoms with Crippen molar-refractivity contribution in [2.24, 2.45) is 0 Å². The molecular weight excluding hydrogens is 340 g/mol. The molecule has 4 rings (SSSR count). The van der Waals surface area contributed by atoms with Crippen molar-refractivity contribution in [1.82, 2.24) is 0 Å². The summed E-state index contributed by atoms with van der Waals surface area (Å²) in [5.41, 5.74) is 15.3. The van der Waals surface area contributed by atoms with Crippen LogP contribution < -0.4 is 0 Å². The van der Waals surface area contributed by atoms with E-state index in [-0.39, 0.29) is 9.52 Å². The summed E-state index contributed by atoms with van der Waals surface area (Å²) in [7, 11) is -0.128. The van der Waals surface area contributed by atoms with E-state index in [1.54, 1.807) is 22.3 Å². The van der Waals surface area contributed by atoms with E-state index in [0.29, 0.717) is 11.8 Å². The van der Waals surface area contributed by atoms with Gasteiger partial charge in [-0.3, -0.25) is 0 Å². The molecule has 0 bridgehead atoms. The van der Waals surface area contributed by atoms with E-state index in [0.717, 1.165) is 0 Å². The van der Waals surface area contributed by atoms with Crippen molar-refractivity contribution in [2.45, 2.75) is 65.5 Å².